The van der Waals surface area contributed by atoms with Crippen LogP contribution in [0.3, 0.4) is 0 Å². The summed E-state index contributed by atoms with van der Waals surface area (Å²) in [5.41, 5.74) is 0. The van der Waals surface area contributed by atoms with Crippen molar-refractivity contribution in [3.8, 4) is 0 Å². The van der Waals surface area contributed by atoms with Crippen molar-refractivity contribution in [1.82, 2.24) is 0 Å². The number of carbonyl (C=O) groups excluding carboxylic acids is 2. The highest BCUT2D eigenvalue weighted by atomic mass is 16.5. The van der Waals surface area contributed by atoms with Crippen LogP contribution in [0.25, 0.3) is 0 Å². The van der Waals surface area contributed by atoms with E-state index >= 15 is 0 Å². The summed E-state index contributed by atoms with van der Waals surface area (Å²) in [7, 11) is 5.65. The summed E-state index contributed by atoms with van der Waals surface area (Å²) >= 11 is 0. The molecule has 0 aromatic heterocycles. The molecule has 0 aromatic carbocycles. The number of aliphatic hydroxyl groups excluding tert-OH is 1. The molecule has 0 aliphatic carbocycles. The van der Waals surface area contributed by atoms with Gasteiger partial charge in [-0.2, -0.15) is 0 Å². The first-order valence-electron chi connectivity index (χ1n) is 7.52. The topological polar surface area (TPSA) is 86.7 Å². The maximum Gasteiger partial charge on any atom is 0.308 e. The third-order valence-electron chi connectivity index (χ3n) is 2.99. The fraction of sp³-hybridized carbons (Fsp3) is 0.867. The van der Waals surface area contributed by atoms with Gasteiger partial charge < -0.3 is 24.2 Å². The van der Waals surface area contributed by atoms with E-state index in [1.165, 1.54) is 0 Å². The molecule has 21 heavy (non-hydrogen) atoms. The number of likely N-dealkylation sites (N-methyl/N-ethyl adjacent to an activating group) is 1. The minimum Gasteiger partial charge on any atom is -0.550 e. The van der Waals surface area contributed by atoms with Crippen LogP contribution in [0.2, 0.25) is 0 Å². The van der Waals surface area contributed by atoms with Crippen LogP contribution in [-0.2, 0) is 14.3 Å². The second-order valence-corrected chi connectivity index (χ2v) is 6.51. The Labute approximate surface area is 127 Å². The van der Waals surface area contributed by atoms with E-state index in [1.54, 1.807) is 0 Å². The predicted octanol–water partition coefficient (Wildman–Crippen LogP) is 0.0757. The largest absolute Gasteiger partial charge is 0.550 e. The molecule has 0 saturated carbocycles. The van der Waals surface area contributed by atoms with Gasteiger partial charge in [0.2, 0.25) is 0 Å². The number of ether oxygens (including phenoxy) is 1. The molecule has 0 amide bonds. The van der Waals surface area contributed by atoms with Crippen LogP contribution >= 0.6 is 0 Å². The fourth-order valence-corrected chi connectivity index (χ4v) is 2.10. The molecule has 1 N–H and O–H groups in total. The van der Waals surface area contributed by atoms with E-state index in [0.717, 1.165) is 19.3 Å². The van der Waals surface area contributed by atoms with Gasteiger partial charge in [0.05, 0.1) is 33.7 Å². The Hall–Kier alpha value is -1.14. The molecular formula is C15H29NO5. The Kier molecular flexibility index (Phi) is 9.21. The maximum absolute atomic E-state index is 11.8. The summed E-state index contributed by atoms with van der Waals surface area (Å²) in [6, 6.07) is 0. The third kappa shape index (κ3) is 12.3. The number of esters is 1. The first kappa shape index (κ1) is 19.9. The van der Waals surface area contributed by atoms with E-state index in [4.69, 9.17) is 4.74 Å². The van der Waals surface area contributed by atoms with E-state index in [-0.39, 0.29) is 12.8 Å². The van der Waals surface area contributed by atoms with Gasteiger partial charge in [-0.05, 0) is 6.42 Å². The van der Waals surface area contributed by atoms with Crippen LogP contribution in [0.1, 0.15) is 45.4 Å². The highest BCUT2D eigenvalue weighted by Crippen LogP contribution is 2.10. The number of hydrogen-bond acceptors (Lipinski definition) is 5. The summed E-state index contributed by atoms with van der Waals surface area (Å²) in [4.78, 5) is 22.5. The highest BCUT2D eigenvalue weighted by Gasteiger charge is 2.23. The standard InChI is InChI=1S/C15H29NO5/c1-5-6-7-8-12(17)9-15(20)21-13(10-14(18)19)11-16(2,3)4/h12-13,17H,5-11H2,1-4H3/t12-,13-/m1/s1. The molecule has 0 unspecified atom stereocenters. The van der Waals surface area contributed by atoms with Crippen LogP contribution in [0.5, 0.6) is 0 Å². The summed E-state index contributed by atoms with van der Waals surface area (Å²) in [6.07, 6.45) is 1.62. The monoisotopic (exact) mass is 303 g/mol. The second-order valence-electron chi connectivity index (χ2n) is 6.51. The molecule has 0 spiro atoms. The van der Waals surface area contributed by atoms with Crippen molar-refractivity contribution in [1.29, 1.82) is 0 Å². The zero-order valence-electron chi connectivity index (χ0n) is 13.6. The number of unbranched alkanes of at least 4 members (excludes halogenated alkanes) is 2. The molecule has 6 nitrogen and oxygen atoms in total. The summed E-state index contributed by atoms with van der Waals surface area (Å²) < 4.78 is 5.66. The molecule has 0 aliphatic rings. The van der Waals surface area contributed by atoms with Crippen molar-refractivity contribution in [3.05, 3.63) is 0 Å². The minimum absolute atomic E-state index is 0.0929. The Morgan fingerprint density at radius 3 is 2.29 bits per heavy atom. The molecule has 0 bridgehead atoms. The van der Waals surface area contributed by atoms with E-state index in [9.17, 15) is 19.8 Å². The van der Waals surface area contributed by atoms with Crippen molar-refractivity contribution in [3.63, 3.8) is 0 Å². The molecule has 2 atom stereocenters. The third-order valence-corrected chi connectivity index (χ3v) is 2.99. The van der Waals surface area contributed by atoms with Gasteiger partial charge in [-0.25, -0.2) is 0 Å². The molecular weight excluding hydrogens is 274 g/mol. The molecule has 0 fully saturated rings. The zero-order valence-corrected chi connectivity index (χ0v) is 13.6. The van der Waals surface area contributed by atoms with E-state index in [0.29, 0.717) is 17.4 Å². The zero-order chi connectivity index (χ0) is 16.5. The number of quaternary nitrogens is 1. The molecule has 0 radical (unpaired) electrons. The summed E-state index contributed by atoms with van der Waals surface area (Å²) in [5.74, 6) is -1.80. The van der Waals surface area contributed by atoms with Gasteiger partial charge in [0, 0.05) is 12.4 Å². The van der Waals surface area contributed by atoms with Crippen molar-refractivity contribution in [2.75, 3.05) is 27.7 Å². The van der Waals surface area contributed by atoms with Gasteiger partial charge in [0.1, 0.15) is 6.54 Å². The van der Waals surface area contributed by atoms with Crippen molar-refractivity contribution < 1.29 is 29.0 Å². The first-order chi connectivity index (χ1) is 9.64. The highest BCUT2D eigenvalue weighted by molar-refractivity contribution is 5.71. The number of carbonyl (C=O) groups is 2. The molecule has 124 valence electrons. The lowest BCUT2D eigenvalue weighted by Gasteiger charge is -2.29. The van der Waals surface area contributed by atoms with Crippen molar-refractivity contribution in [2.24, 2.45) is 0 Å². The molecule has 0 aliphatic heterocycles. The Balaban J connectivity index is 4.29. The SMILES string of the molecule is CCCCC[C@@H](O)CC(=O)O[C@H](CC(=O)[O-])C[N+](C)(C)C. The maximum atomic E-state index is 11.8. The van der Waals surface area contributed by atoms with Crippen LogP contribution in [0.4, 0.5) is 0 Å². The average Bonchev–Trinajstić information content (AvgIpc) is 2.25. The number of nitrogens with zero attached hydrogens (tertiary/aromatic N) is 1. The van der Waals surface area contributed by atoms with Gasteiger partial charge in [0.15, 0.2) is 6.10 Å². The molecule has 0 rings (SSSR count). The predicted molar refractivity (Wildman–Crippen MR) is 77.2 cm³/mol. The van der Waals surface area contributed by atoms with Gasteiger partial charge in [-0.1, -0.05) is 26.2 Å². The molecule has 0 saturated heterocycles. The first-order valence-corrected chi connectivity index (χ1v) is 7.52. The fourth-order valence-electron chi connectivity index (χ4n) is 2.10. The number of hydrogen-bond donors (Lipinski definition) is 1. The summed E-state index contributed by atoms with van der Waals surface area (Å²) in [5, 5.41) is 20.5. The Morgan fingerprint density at radius 1 is 1.19 bits per heavy atom. The lowest BCUT2D eigenvalue weighted by Crippen LogP contribution is -2.45. The average molecular weight is 303 g/mol. The second kappa shape index (κ2) is 9.73. The normalized spacial score (nSPS) is 14.5. The van der Waals surface area contributed by atoms with Crippen LogP contribution < -0.4 is 5.11 Å². The molecule has 6 heteroatoms. The number of carboxylic acid groups (broad SMARTS) is 1. The van der Waals surface area contributed by atoms with Gasteiger partial charge >= 0.3 is 5.97 Å². The van der Waals surface area contributed by atoms with Gasteiger partial charge in [-0.3, -0.25) is 4.79 Å². The van der Waals surface area contributed by atoms with E-state index < -0.39 is 24.1 Å². The van der Waals surface area contributed by atoms with Crippen LogP contribution in [0.15, 0.2) is 0 Å². The quantitative estimate of drug-likeness (QED) is 0.332. The number of aliphatic hydroxyl groups is 1. The van der Waals surface area contributed by atoms with Gasteiger partial charge in [-0.15, -0.1) is 0 Å². The molecule has 0 aromatic rings. The van der Waals surface area contributed by atoms with Crippen LogP contribution in [-0.4, -0.2) is 61.4 Å². The summed E-state index contributed by atoms with van der Waals surface area (Å²) in [6.45, 7) is 2.45. The smallest absolute Gasteiger partial charge is 0.308 e. The number of rotatable bonds is 11. The van der Waals surface area contributed by atoms with E-state index in [1.807, 2.05) is 21.1 Å². The Bertz CT molecular complexity index is 325. The van der Waals surface area contributed by atoms with Crippen molar-refractivity contribution in [2.45, 2.75) is 57.7 Å². The van der Waals surface area contributed by atoms with Gasteiger partial charge in [0.25, 0.3) is 0 Å². The molecule has 0 heterocycles. The van der Waals surface area contributed by atoms with E-state index in [2.05, 4.69) is 6.92 Å². The number of aliphatic carboxylic acids is 1. The minimum atomic E-state index is -1.25. The lowest BCUT2D eigenvalue weighted by molar-refractivity contribution is -0.873. The Morgan fingerprint density at radius 2 is 1.81 bits per heavy atom. The van der Waals surface area contributed by atoms with Crippen LogP contribution in [0, 0.1) is 0 Å². The lowest BCUT2D eigenvalue weighted by atomic mass is 10.1. The number of carboxylic acids is 1. The van der Waals surface area contributed by atoms with Crippen molar-refractivity contribution >= 4 is 11.9 Å².